The van der Waals surface area contributed by atoms with Gasteiger partial charge in [0.2, 0.25) is 0 Å². The van der Waals surface area contributed by atoms with Crippen LogP contribution in [0.1, 0.15) is 13.8 Å². The van der Waals surface area contributed by atoms with Crippen LogP contribution in [0.2, 0.25) is 0 Å². The Hall–Kier alpha value is -0.640. The molecule has 1 N–H and O–H groups in total. The summed E-state index contributed by atoms with van der Waals surface area (Å²) in [6.45, 7) is 3.87. The summed E-state index contributed by atoms with van der Waals surface area (Å²) < 4.78 is 0. The lowest BCUT2D eigenvalue weighted by atomic mass is 10.2. The summed E-state index contributed by atoms with van der Waals surface area (Å²) >= 11 is 0. The third kappa shape index (κ3) is 1.97. The highest BCUT2D eigenvalue weighted by molar-refractivity contribution is 5.85. The number of nitrogens with one attached hydrogen (secondary N) is 1. The first-order valence-electron chi connectivity index (χ1n) is 2.52. The molecule has 5 heteroatoms. The van der Waals surface area contributed by atoms with E-state index in [1.807, 2.05) is 13.8 Å². The SMILES string of the molecule is CC(C)C(=N)N1N=N1.Cl. The molecule has 0 aromatic rings. The molecule has 0 amide bonds. The molecule has 9 heavy (non-hydrogen) atoms. The Kier molecular flexibility index (Phi) is 2.58. The third-order valence-electron chi connectivity index (χ3n) is 0.941. The fraction of sp³-hybridized carbons (Fsp3) is 0.750. The van der Waals surface area contributed by atoms with E-state index in [2.05, 4.69) is 10.4 Å². The second kappa shape index (κ2) is 2.77. The Balaban J connectivity index is 0.000000640. The Morgan fingerprint density at radius 2 is 1.89 bits per heavy atom. The van der Waals surface area contributed by atoms with Gasteiger partial charge in [0.25, 0.3) is 0 Å². The summed E-state index contributed by atoms with van der Waals surface area (Å²) in [4.78, 5) is 0. The molecule has 0 fully saturated rings. The van der Waals surface area contributed by atoms with E-state index in [9.17, 15) is 0 Å². The van der Waals surface area contributed by atoms with E-state index in [1.165, 1.54) is 5.12 Å². The minimum Gasteiger partial charge on any atom is -0.285 e. The zero-order valence-electron chi connectivity index (χ0n) is 5.33. The van der Waals surface area contributed by atoms with Crippen molar-refractivity contribution in [1.29, 1.82) is 5.41 Å². The maximum atomic E-state index is 7.20. The standard InChI is InChI=1S/C4H8N4.ClH/c1-3(2)4(5)8-6-7-8;/h3,5H,1-2H3;1H. The van der Waals surface area contributed by atoms with E-state index >= 15 is 0 Å². The van der Waals surface area contributed by atoms with E-state index in [4.69, 9.17) is 5.41 Å². The summed E-state index contributed by atoms with van der Waals surface area (Å²) in [7, 11) is 0. The van der Waals surface area contributed by atoms with Crippen LogP contribution in [0.25, 0.3) is 0 Å². The van der Waals surface area contributed by atoms with Crippen molar-refractivity contribution in [2.45, 2.75) is 13.8 Å². The van der Waals surface area contributed by atoms with Crippen LogP contribution in [-0.4, -0.2) is 11.0 Å². The molecular weight excluding hydrogens is 140 g/mol. The summed E-state index contributed by atoms with van der Waals surface area (Å²) in [5.74, 6) is 0.690. The summed E-state index contributed by atoms with van der Waals surface area (Å²) in [6.07, 6.45) is 0. The number of hydrogen-bond donors (Lipinski definition) is 1. The van der Waals surface area contributed by atoms with Gasteiger partial charge < -0.3 is 0 Å². The van der Waals surface area contributed by atoms with Gasteiger partial charge in [-0.05, 0) is 10.4 Å². The van der Waals surface area contributed by atoms with Crippen LogP contribution in [0.15, 0.2) is 10.4 Å². The van der Waals surface area contributed by atoms with Crippen LogP contribution in [0, 0.1) is 11.3 Å². The topological polar surface area (TPSA) is 51.6 Å². The highest BCUT2D eigenvalue weighted by Crippen LogP contribution is 2.12. The maximum absolute atomic E-state index is 7.20. The monoisotopic (exact) mass is 148 g/mol. The predicted molar refractivity (Wildman–Crippen MR) is 36.5 cm³/mol. The zero-order chi connectivity index (χ0) is 6.15. The van der Waals surface area contributed by atoms with E-state index in [0.29, 0.717) is 5.84 Å². The Morgan fingerprint density at radius 3 is 2.00 bits per heavy atom. The fourth-order valence-corrected chi connectivity index (χ4v) is 0.347. The van der Waals surface area contributed by atoms with Crippen molar-refractivity contribution >= 4 is 18.2 Å². The van der Waals surface area contributed by atoms with Crippen molar-refractivity contribution in [3.8, 4) is 0 Å². The lowest BCUT2D eigenvalue weighted by molar-refractivity contribution is 0.642. The van der Waals surface area contributed by atoms with Crippen LogP contribution < -0.4 is 0 Å². The van der Waals surface area contributed by atoms with Gasteiger partial charge in [0.15, 0.2) is 0 Å². The van der Waals surface area contributed by atoms with Crippen LogP contribution >= 0.6 is 12.4 Å². The van der Waals surface area contributed by atoms with Gasteiger partial charge in [0.1, 0.15) is 5.84 Å². The van der Waals surface area contributed by atoms with Crippen molar-refractivity contribution in [3.05, 3.63) is 0 Å². The van der Waals surface area contributed by atoms with Crippen molar-refractivity contribution in [2.75, 3.05) is 0 Å². The molecule has 0 saturated carbocycles. The van der Waals surface area contributed by atoms with Crippen molar-refractivity contribution in [2.24, 2.45) is 16.4 Å². The lowest BCUT2D eigenvalue weighted by Gasteiger charge is -2.00. The van der Waals surface area contributed by atoms with Crippen LogP contribution in [-0.2, 0) is 0 Å². The van der Waals surface area contributed by atoms with Gasteiger partial charge >= 0.3 is 0 Å². The van der Waals surface area contributed by atoms with E-state index in [1.54, 1.807) is 0 Å². The molecule has 1 heterocycles. The summed E-state index contributed by atoms with van der Waals surface area (Å²) in [5, 5.41) is 15.4. The lowest BCUT2D eigenvalue weighted by Crippen LogP contribution is -2.14. The molecule has 1 rings (SSSR count). The van der Waals surface area contributed by atoms with Crippen LogP contribution in [0.4, 0.5) is 0 Å². The van der Waals surface area contributed by atoms with Gasteiger partial charge in [-0.25, -0.2) is 0 Å². The average molecular weight is 149 g/mol. The number of amidine groups is 1. The highest BCUT2D eigenvalue weighted by Gasteiger charge is 2.19. The molecule has 0 aliphatic carbocycles. The molecule has 1 aliphatic heterocycles. The molecule has 0 radical (unpaired) electrons. The first-order chi connectivity index (χ1) is 3.72. The van der Waals surface area contributed by atoms with Crippen LogP contribution in [0.3, 0.4) is 0 Å². The molecule has 1 aliphatic rings. The minimum absolute atomic E-state index is 0. The van der Waals surface area contributed by atoms with Gasteiger partial charge in [-0.1, -0.05) is 19.0 Å². The molecule has 0 aromatic carbocycles. The third-order valence-corrected chi connectivity index (χ3v) is 0.941. The molecule has 52 valence electrons. The maximum Gasteiger partial charge on any atom is 0.149 e. The largest absolute Gasteiger partial charge is 0.285 e. The summed E-state index contributed by atoms with van der Waals surface area (Å²) in [5.41, 5.74) is 0. The molecule has 0 bridgehead atoms. The second-order valence-corrected chi connectivity index (χ2v) is 2.01. The number of hydrogen-bond acceptors (Lipinski definition) is 3. The molecule has 0 aromatic heterocycles. The molecule has 0 unspecified atom stereocenters. The van der Waals surface area contributed by atoms with Gasteiger partial charge in [-0.15, -0.1) is 12.4 Å². The smallest absolute Gasteiger partial charge is 0.149 e. The van der Waals surface area contributed by atoms with Gasteiger partial charge in [-0.3, -0.25) is 5.41 Å². The normalized spacial score (nSPS) is 13.4. The van der Waals surface area contributed by atoms with E-state index in [-0.39, 0.29) is 18.3 Å². The Labute approximate surface area is 59.8 Å². The van der Waals surface area contributed by atoms with Crippen molar-refractivity contribution in [3.63, 3.8) is 0 Å². The second-order valence-electron chi connectivity index (χ2n) is 2.01. The molecule has 0 atom stereocenters. The summed E-state index contributed by atoms with van der Waals surface area (Å²) in [6, 6.07) is 0. The quantitative estimate of drug-likeness (QED) is 0.446. The molecule has 0 saturated heterocycles. The minimum atomic E-state index is 0. The molecular formula is C4H9ClN4. The first kappa shape index (κ1) is 8.36. The first-order valence-corrected chi connectivity index (χ1v) is 2.52. The average Bonchev–Trinajstić information content (AvgIpc) is 2.43. The Morgan fingerprint density at radius 1 is 1.44 bits per heavy atom. The van der Waals surface area contributed by atoms with Crippen molar-refractivity contribution < 1.29 is 0 Å². The molecule has 4 nitrogen and oxygen atoms in total. The number of nitrogens with zero attached hydrogens (tertiary/aromatic N) is 3. The van der Waals surface area contributed by atoms with Gasteiger partial charge in [0, 0.05) is 5.92 Å². The number of rotatable bonds is 1. The number of halogens is 1. The predicted octanol–water partition coefficient (Wildman–Crippen LogP) is 1.64. The van der Waals surface area contributed by atoms with Gasteiger partial charge in [-0.2, -0.15) is 0 Å². The molecule has 0 spiro atoms. The van der Waals surface area contributed by atoms with E-state index in [0.717, 1.165) is 0 Å². The van der Waals surface area contributed by atoms with Crippen LogP contribution in [0.5, 0.6) is 0 Å². The van der Waals surface area contributed by atoms with Gasteiger partial charge in [0.05, 0.1) is 0 Å². The highest BCUT2D eigenvalue weighted by atomic mass is 35.5. The zero-order valence-corrected chi connectivity index (χ0v) is 6.14. The van der Waals surface area contributed by atoms with E-state index < -0.39 is 0 Å². The fourth-order valence-electron chi connectivity index (χ4n) is 0.347. The Bertz CT molecular complexity index is 132. The van der Waals surface area contributed by atoms with Crippen molar-refractivity contribution in [1.82, 2.24) is 5.12 Å².